The highest BCUT2D eigenvalue weighted by Gasteiger charge is 2.11. The molecule has 0 saturated heterocycles. The zero-order valence-corrected chi connectivity index (χ0v) is 15.2. The minimum absolute atomic E-state index is 0.0968. The first-order valence-corrected chi connectivity index (χ1v) is 8.42. The smallest absolute Gasteiger partial charge is 0.267 e. The molecule has 1 N–H and O–H groups in total. The first-order valence-electron chi connectivity index (χ1n) is 8.42. The molecule has 134 valence electrons. The van der Waals surface area contributed by atoms with Gasteiger partial charge in [0.15, 0.2) is 0 Å². The number of rotatable bonds is 7. The van der Waals surface area contributed by atoms with Gasteiger partial charge in [0, 0.05) is 6.07 Å². The number of carbonyl (C=O) groups is 1. The molecule has 1 amide bonds. The van der Waals surface area contributed by atoms with Gasteiger partial charge in [-0.3, -0.25) is 9.59 Å². The maximum Gasteiger partial charge on any atom is 0.267 e. The Morgan fingerprint density at radius 2 is 1.84 bits per heavy atom. The molecule has 6 heteroatoms. The van der Waals surface area contributed by atoms with E-state index >= 15 is 0 Å². The average Bonchev–Trinajstić information content (AvgIpc) is 2.56. The van der Waals surface area contributed by atoms with E-state index in [4.69, 9.17) is 4.74 Å². The van der Waals surface area contributed by atoms with E-state index in [1.807, 2.05) is 31.2 Å². The van der Waals surface area contributed by atoms with Crippen LogP contribution in [0.4, 0.5) is 0 Å². The number of aromatic nitrogens is 2. The van der Waals surface area contributed by atoms with Gasteiger partial charge >= 0.3 is 0 Å². The van der Waals surface area contributed by atoms with Crippen molar-refractivity contribution in [2.75, 3.05) is 6.61 Å². The van der Waals surface area contributed by atoms with Crippen LogP contribution < -0.4 is 15.6 Å². The van der Waals surface area contributed by atoms with Gasteiger partial charge in [-0.1, -0.05) is 26.0 Å². The van der Waals surface area contributed by atoms with Crippen molar-refractivity contribution in [2.45, 2.75) is 40.3 Å². The van der Waals surface area contributed by atoms with Gasteiger partial charge in [-0.2, -0.15) is 5.10 Å². The zero-order valence-electron chi connectivity index (χ0n) is 15.2. The van der Waals surface area contributed by atoms with E-state index in [0.29, 0.717) is 18.2 Å². The quantitative estimate of drug-likeness (QED) is 0.838. The molecule has 0 radical (unpaired) electrons. The number of nitrogens with one attached hydrogen (secondary N) is 1. The normalized spacial score (nSPS) is 12.0. The third-order valence-corrected chi connectivity index (χ3v) is 3.63. The Balaban J connectivity index is 1.94. The molecule has 6 nitrogen and oxygen atoms in total. The Hall–Kier alpha value is -2.63. The van der Waals surface area contributed by atoms with Crippen molar-refractivity contribution < 1.29 is 9.53 Å². The van der Waals surface area contributed by atoms with Crippen molar-refractivity contribution in [3.05, 3.63) is 58.0 Å². The zero-order chi connectivity index (χ0) is 18.4. The lowest BCUT2D eigenvalue weighted by Gasteiger charge is -2.16. The molecule has 1 heterocycles. The molecule has 0 bridgehead atoms. The molecule has 0 unspecified atom stereocenters. The molecule has 2 aromatic rings. The highest BCUT2D eigenvalue weighted by Crippen LogP contribution is 2.18. The second kappa shape index (κ2) is 8.46. The molecule has 0 spiro atoms. The van der Waals surface area contributed by atoms with Gasteiger partial charge in [0.1, 0.15) is 12.3 Å². The first-order chi connectivity index (χ1) is 11.8. The summed E-state index contributed by atoms with van der Waals surface area (Å²) in [6, 6.07) is 10.5. The second-order valence-corrected chi connectivity index (χ2v) is 6.53. The molecule has 2 rings (SSSR count). The fourth-order valence-corrected chi connectivity index (χ4v) is 2.29. The van der Waals surface area contributed by atoms with Crippen molar-refractivity contribution in [2.24, 2.45) is 5.92 Å². The van der Waals surface area contributed by atoms with E-state index in [9.17, 15) is 9.59 Å². The maximum atomic E-state index is 12.2. The van der Waals surface area contributed by atoms with Gasteiger partial charge in [0.05, 0.1) is 18.3 Å². The SMILES string of the molecule is Cc1ccc(=O)n(CC(=O)N[C@@H](C)c2ccc(OCC(C)C)cc2)n1. The lowest BCUT2D eigenvalue weighted by molar-refractivity contribution is -0.122. The van der Waals surface area contributed by atoms with Gasteiger partial charge in [-0.05, 0) is 43.5 Å². The Morgan fingerprint density at radius 1 is 1.16 bits per heavy atom. The predicted molar refractivity (Wildman–Crippen MR) is 96.6 cm³/mol. The number of carbonyl (C=O) groups excluding carboxylic acids is 1. The van der Waals surface area contributed by atoms with E-state index in [1.165, 1.54) is 10.7 Å². The van der Waals surface area contributed by atoms with E-state index in [0.717, 1.165) is 11.3 Å². The Morgan fingerprint density at radius 3 is 2.48 bits per heavy atom. The summed E-state index contributed by atoms with van der Waals surface area (Å²) in [6.07, 6.45) is 0. The van der Waals surface area contributed by atoms with Gasteiger partial charge in [0.25, 0.3) is 5.56 Å². The van der Waals surface area contributed by atoms with Crippen molar-refractivity contribution in [3.63, 3.8) is 0 Å². The molecule has 1 aromatic heterocycles. The number of hydrogen-bond acceptors (Lipinski definition) is 4. The lowest BCUT2D eigenvalue weighted by atomic mass is 10.1. The molecule has 0 aliphatic heterocycles. The number of hydrogen-bond donors (Lipinski definition) is 1. The number of benzene rings is 1. The van der Waals surface area contributed by atoms with Gasteiger partial charge in [-0.15, -0.1) is 0 Å². The molecular formula is C19H25N3O3. The van der Waals surface area contributed by atoms with E-state index in [1.54, 1.807) is 13.0 Å². The van der Waals surface area contributed by atoms with Gasteiger partial charge in [0.2, 0.25) is 5.91 Å². The molecule has 0 aliphatic rings. The van der Waals surface area contributed by atoms with Crippen LogP contribution in [0.5, 0.6) is 5.75 Å². The largest absolute Gasteiger partial charge is 0.493 e. The summed E-state index contributed by atoms with van der Waals surface area (Å²) < 4.78 is 6.82. The number of nitrogens with zero attached hydrogens (tertiary/aromatic N) is 2. The van der Waals surface area contributed by atoms with Crippen LogP contribution in [0, 0.1) is 12.8 Å². The summed E-state index contributed by atoms with van der Waals surface area (Å²) in [6.45, 7) is 8.44. The fourth-order valence-electron chi connectivity index (χ4n) is 2.29. The van der Waals surface area contributed by atoms with Crippen LogP contribution in [0.25, 0.3) is 0 Å². The van der Waals surface area contributed by atoms with Crippen molar-refractivity contribution in [1.82, 2.24) is 15.1 Å². The Labute approximate surface area is 147 Å². The average molecular weight is 343 g/mol. The number of aryl methyl sites for hydroxylation is 1. The topological polar surface area (TPSA) is 73.2 Å². The molecule has 1 aromatic carbocycles. The third-order valence-electron chi connectivity index (χ3n) is 3.63. The molecule has 25 heavy (non-hydrogen) atoms. The summed E-state index contributed by atoms with van der Waals surface area (Å²) in [4.78, 5) is 23.9. The third kappa shape index (κ3) is 5.74. The highest BCUT2D eigenvalue weighted by molar-refractivity contribution is 5.76. The molecule has 1 atom stereocenters. The van der Waals surface area contributed by atoms with Crippen LogP contribution in [-0.2, 0) is 11.3 Å². The fraction of sp³-hybridized carbons (Fsp3) is 0.421. The van der Waals surface area contributed by atoms with Gasteiger partial charge < -0.3 is 10.1 Å². The molecule has 0 saturated carbocycles. The van der Waals surface area contributed by atoms with E-state index < -0.39 is 0 Å². The Kier molecular flexibility index (Phi) is 6.33. The Bertz CT molecular complexity index is 766. The molecule has 0 aliphatic carbocycles. The number of amides is 1. The van der Waals surface area contributed by atoms with Crippen LogP contribution in [0.3, 0.4) is 0 Å². The van der Waals surface area contributed by atoms with Crippen molar-refractivity contribution >= 4 is 5.91 Å². The molecule has 0 fully saturated rings. The van der Waals surface area contributed by atoms with Gasteiger partial charge in [-0.25, -0.2) is 4.68 Å². The summed E-state index contributed by atoms with van der Waals surface area (Å²) in [5, 5.41) is 6.95. The highest BCUT2D eigenvalue weighted by atomic mass is 16.5. The minimum Gasteiger partial charge on any atom is -0.493 e. The monoisotopic (exact) mass is 343 g/mol. The number of ether oxygens (including phenoxy) is 1. The second-order valence-electron chi connectivity index (χ2n) is 6.53. The predicted octanol–water partition coefficient (Wildman–Crippen LogP) is 2.46. The summed E-state index contributed by atoms with van der Waals surface area (Å²) >= 11 is 0. The molecular weight excluding hydrogens is 318 g/mol. The summed E-state index contributed by atoms with van der Waals surface area (Å²) in [7, 11) is 0. The summed E-state index contributed by atoms with van der Waals surface area (Å²) in [5.74, 6) is 1.02. The van der Waals surface area contributed by atoms with Crippen LogP contribution >= 0.6 is 0 Å². The summed E-state index contributed by atoms with van der Waals surface area (Å²) in [5.41, 5.74) is 1.37. The van der Waals surface area contributed by atoms with Crippen LogP contribution in [0.2, 0.25) is 0 Å². The standard InChI is InChI=1S/C19H25N3O3/c1-13(2)12-25-17-8-6-16(7-9-17)15(4)20-18(23)11-22-19(24)10-5-14(3)21-22/h5-10,13,15H,11-12H2,1-4H3,(H,20,23)/t15-/m0/s1. The van der Waals surface area contributed by atoms with Crippen molar-refractivity contribution in [1.29, 1.82) is 0 Å². The first kappa shape index (κ1) is 18.7. The van der Waals surface area contributed by atoms with Crippen LogP contribution in [-0.4, -0.2) is 22.3 Å². The van der Waals surface area contributed by atoms with Crippen LogP contribution in [0.15, 0.2) is 41.2 Å². The lowest BCUT2D eigenvalue weighted by Crippen LogP contribution is -2.34. The van der Waals surface area contributed by atoms with E-state index in [2.05, 4.69) is 24.3 Å². The minimum atomic E-state index is -0.292. The maximum absolute atomic E-state index is 12.2. The van der Waals surface area contributed by atoms with Crippen LogP contribution in [0.1, 0.15) is 38.1 Å². The van der Waals surface area contributed by atoms with Crippen molar-refractivity contribution in [3.8, 4) is 5.75 Å². The van der Waals surface area contributed by atoms with E-state index in [-0.39, 0.29) is 24.1 Å².